The Bertz CT molecular complexity index is 615. The molecule has 0 spiro atoms. The van der Waals surface area contributed by atoms with Crippen LogP contribution < -0.4 is 4.72 Å². The van der Waals surface area contributed by atoms with Crippen molar-refractivity contribution in [1.82, 2.24) is 9.29 Å². The predicted octanol–water partition coefficient (Wildman–Crippen LogP) is 1.28. The largest absolute Gasteiger partial charge is 0.469 e. The molecular formula is C12H16ClN3O4S. The molecule has 1 fully saturated rings. The van der Waals surface area contributed by atoms with Gasteiger partial charge >= 0.3 is 16.2 Å². The maximum Gasteiger partial charge on any atom is 0.308 e. The number of nitrogens with one attached hydrogen (secondary N) is 1. The predicted molar refractivity (Wildman–Crippen MR) is 78.1 cm³/mol. The summed E-state index contributed by atoms with van der Waals surface area (Å²) in [6, 6.07) is 1.50. The third-order valence-corrected chi connectivity index (χ3v) is 5.19. The van der Waals surface area contributed by atoms with Gasteiger partial charge in [-0.15, -0.1) is 0 Å². The van der Waals surface area contributed by atoms with Crippen molar-refractivity contribution in [1.29, 1.82) is 0 Å². The van der Waals surface area contributed by atoms with Crippen LogP contribution in [0.1, 0.15) is 12.8 Å². The van der Waals surface area contributed by atoms with Crippen LogP contribution in [0.3, 0.4) is 0 Å². The molecule has 1 N–H and O–H groups in total. The Labute approximate surface area is 128 Å². The Morgan fingerprint density at radius 3 is 2.71 bits per heavy atom. The topological polar surface area (TPSA) is 88.6 Å². The summed E-state index contributed by atoms with van der Waals surface area (Å²) in [5.74, 6) is -0.543. The molecule has 1 aliphatic rings. The summed E-state index contributed by atoms with van der Waals surface area (Å²) in [7, 11) is -2.38. The molecule has 0 radical (unpaired) electrons. The number of methoxy groups -OCH3 is 1. The van der Waals surface area contributed by atoms with Gasteiger partial charge in [0.1, 0.15) is 0 Å². The van der Waals surface area contributed by atoms with Crippen molar-refractivity contribution in [2.24, 2.45) is 5.92 Å². The molecule has 1 aromatic heterocycles. The molecule has 1 aliphatic heterocycles. The van der Waals surface area contributed by atoms with Crippen molar-refractivity contribution in [2.45, 2.75) is 12.8 Å². The van der Waals surface area contributed by atoms with Crippen molar-refractivity contribution >= 4 is 33.5 Å². The van der Waals surface area contributed by atoms with E-state index in [4.69, 9.17) is 11.6 Å². The summed E-state index contributed by atoms with van der Waals surface area (Å²) >= 11 is 5.91. The zero-order valence-corrected chi connectivity index (χ0v) is 13.0. The number of aromatic nitrogens is 1. The fraction of sp³-hybridized carbons (Fsp3) is 0.500. The second-order valence-electron chi connectivity index (χ2n) is 4.66. The van der Waals surface area contributed by atoms with E-state index in [1.165, 1.54) is 29.9 Å². The highest BCUT2D eigenvalue weighted by molar-refractivity contribution is 7.90. The fourth-order valence-electron chi connectivity index (χ4n) is 2.15. The van der Waals surface area contributed by atoms with Crippen LogP contribution in [-0.2, 0) is 19.7 Å². The minimum atomic E-state index is -3.71. The van der Waals surface area contributed by atoms with E-state index in [0.29, 0.717) is 12.8 Å². The van der Waals surface area contributed by atoms with Crippen molar-refractivity contribution < 1.29 is 17.9 Å². The fourth-order valence-corrected chi connectivity index (χ4v) is 3.62. The molecule has 1 aromatic rings. The minimum Gasteiger partial charge on any atom is -0.469 e. The van der Waals surface area contributed by atoms with E-state index >= 15 is 0 Å². The summed E-state index contributed by atoms with van der Waals surface area (Å²) in [6.07, 6.45) is 3.70. The first-order valence-corrected chi connectivity index (χ1v) is 8.21. The lowest BCUT2D eigenvalue weighted by molar-refractivity contribution is -0.146. The Morgan fingerprint density at radius 1 is 1.48 bits per heavy atom. The van der Waals surface area contributed by atoms with Gasteiger partial charge in [-0.05, 0) is 18.9 Å². The molecule has 0 aliphatic carbocycles. The van der Waals surface area contributed by atoms with Crippen LogP contribution in [0.2, 0.25) is 5.02 Å². The quantitative estimate of drug-likeness (QED) is 0.838. The van der Waals surface area contributed by atoms with Gasteiger partial charge in [0.15, 0.2) is 0 Å². The third kappa shape index (κ3) is 3.84. The zero-order valence-electron chi connectivity index (χ0n) is 11.5. The molecule has 1 saturated heterocycles. The van der Waals surface area contributed by atoms with Crippen LogP contribution in [0.25, 0.3) is 0 Å². The molecule has 0 amide bonds. The molecule has 116 valence electrons. The average Bonchev–Trinajstić information content (AvgIpc) is 2.49. The first-order chi connectivity index (χ1) is 9.94. The van der Waals surface area contributed by atoms with Crippen LogP contribution in [0.4, 0.5) is 5.69 Å². The molecule has 0 atom stereocenters. The summed E-state index contributed by atoms with van der Waals surface area (Å²) in [6.45, 7) is 0.514. The zero-order chi connectivity index (χ0) is 15.5. The van der Waals surface area contributed by atoms with Gasteiger partial charge in [0.05, 0.1) is 29.9 Å². The second-order valence-corrected chi connectivity index (χ2v) is 6.74. The van der Waals surface area contributed by atoms with Gasteiger partial charge in [0.2, 0.25) is 0 Å². The summed E-state index contributed by atoms with van der Waals surface area (Å²) in [4.78, 5) is 15.3. The maximum absolute atomic E-state index is 12.3. The highest BCUT2D eigenvalue weighted by Crippen LogP contribution is 2.24. The Kier molecular flexibility index (Phi) is 5.02. The SMILES string of the molecule is COC(=O)C1CCN(S(=O)(=O)Nc2cnccc2Cl)CC1. The average molecular weight is 334 g/mol. The van der Waals surface area contributed by atoms with Gasteiger partial charge in [-0.3, -0.25) is 14.5 Å². The van der Waals surface area contributed by atoms with Crippen LogP contribution in [0, 0.1) is 5.92 Å². The van der Waals surface area contributed by atoms with Crippen molar-refractivity contribution in [3.05, 3.63) is 23.5 Å². The first-order valence-electron chi connectivity index (χ1n) is 6.39. The summed E-state index contributed by atoms with van der Waals surface area (Å²) in [5.41, 5.74) is 0.231. The molecule has 0 unspecified atom stereocenters. The number of nitrogens with zero attached hydrogens (tertiary/aromatic N) is 2. The number of esters is 1. The van der Waals surface area contributed by atoms with E-state index in [1.54, 1.807) is 0 Å². The molecular weight excluding hydrogens is 318 g/mol. The van der Waals surface area contributed by atoms with E-state index in [0.717, 1.165) is 0 Å². The normalized spacial score (nSPS) is 17.4. The lowest BCUT2D eigenvalue weighted by Gasteiger charge is -2.30. The van der Waals surface area contributed by atoms with Crippen LogP contribution in [0.5, 0.6) is 0 Å². The standard InChI is InChI=1S/C12H16ClN3O4S/c1-20-12(17)9-3-6-16(7-4-9)21(18,19)15-11-8-14-5-2-10(11)13/h2,5,8-9,15H,3-4,6-7H2,1H3. The van der Waals surface area contributed by atoms with Crippen molar-refractivity contribution in [3.63, 3.8) is 0 Å². The van der Waals surface area contributed by atoms with E-state index in [-0.39, 0.29) is 35.7 Å². The monoisotopic (exact) mass is 333 g/mol. The number of carbonyl (C=O) groups is 1. The molecule has 7 nitrogen and oxygen atoms in total. The number of anilines is 1. The van der Waals surface area contributed by atoms with Gasteiger partial charge in [-0.25, -0.2) is 0 Å². The van der Waals surface area contributed by atoms with Gasteiger partial charge in [-0.2, -0.15) is 12.7 Å². The number of piperidine rings is 1. The van der Waals surface area contributed by atoms with Gasteiger partial charge in [0, 0.05) is 19.3 Å². The Hall–Kier alpha value is -1.38. The highest BCUT2D eigenvalue weighted by atomic mass is 35.5. The van der Waals surface area contributed by atoms with Crippen LogP contribution in [-0.4, -0.2) is 43.9 Å². The Balaban J connectivity index is 2.02. The van der Waals surface area contributed by atoms with E-state index < -0.39 is 10.2 Å². The number of carbonyl (C=O) groups excluding carboxylic acids is 1. The summed E-state index contributed by atoms with van der Waals surface area (Å²) < 4.78 is 32.9. The molecule has 0 aromatic carbocycles. The van der Waals surface area contributed by atoms with Crippen LogP contribution >= 0.6 is 11.6 Å². The number of rotatable bonds is 4. The molecule has 2 heterocycles. The van der Waals surface area contributed by atoms with Crippen LogP contribution in [0.15, 0.2) is 18.5 Å². The lowest BCUT2D eigenvalue weighted by atomic mass is 9.99. The molecule has 0 bridgehead atoms. The highest BCUT2D eigenvalue weighted by Gasteiger charge is 2.31. The minimum absolute atomic E-state index is 0.231. The van der Waals surface area contributed by atoms with Gasteiger partial charge < -0.3 is 4.74 Å². The Morgan fingerprint density at radius 2 is 2.14 bits per heavy atom. The number of hydrogen-bond acceptors (Lipinski definition) is 5. The second kappa shape index (κ2) is 6.59. The van der Waals surface area contributed by atoms with Gasteiger partial charge in [-0.1, -0.05) is 11.6 Å². The number of hydrogen-bond donors (Lipinski definition) is 1. The molecule has 9 heteroatoms. The van der Waals surface area contributed by atoms with Crippen molar-refractivity contribution in [3.8, 4) is 0 Å². The van der Waals surface area contributed by atoms with E-state index in [9.17, 15) is 13.2 Å². The maximum atomic E-state index is 12.3. The molecule has 21 heavy (non-hydrogen) atoms. The number of halogens is 1. The number of pyridine rings is 1. The smallest absolute Gasteiger partial charge is 0.308 e. The summed E-state index contributed by atoms with van der Waals surface area (Å²) in [5, 5.41) is 0.276. The third-order valence-electron chi connectivity index (χ3n) is 3.34. The molecule has 0 saturated carbocycles. The van der Waals surface area contributed by atoms with Crippen molar-refractivity contribution in [2.75, 3.05) is 24.9 Å². The molecule has 2 rings (SSSR count). The van der Waals surface area contributed by atoms with E-state index in [2.05, 4.69) is 14.4 Å². The lowest BCUT2D eigenvalue weighted by Crippen LogP contribution is -2.43. The number of ether oxygens (including phenoxy) is 1. The first kappa shape index (κ1) is 16.0. The van der Waals surface area contributed by atoms with E-state index in [1.807, 2.05) is 0 Å². The van der Waals surface area contributed by atoms with Gasteiger partial charge in [0.25, 0.3) is 0 Å².